The summed E-state index contributed by atoms with van der Waals surface area (Å²) in [5.41, 5.74) is 4.23. The average molecular weight is 474 g/mol. The van der Waals surface area contributed by atoms with Crippen LogP contribution in [0.4, 0.5) is 5.95 Å². The number of fused-ring (bicyclic) bond motifs is 1. The standard InChI is InChI=1S/C29H39N5O/c1-3-15-33-16-13-24(14-17-33)30-29-31-27-26(28(35)32-29)19-23(20-34(27)25-7-5-6-8-25)18-22-11-9-21(4-2)10-12-22/h9-12,19-20,24-25H,3-8,13-18H2,1-2H3,(H,30,32,35). The van der Waals surface area contributed by atoms with E-state index in [1.54, 1.807) is 0 Å². The van der Waals surface area contributed by atoms with Gasteiger partial charge in [0.25, 0.3) is 5.56 Å². The first-order chi connectivity index (χ1) is 17.1. The van der Waals surface area contributed by atoms with Gasteiger partial charge in [0.05, 0.1) is 5.56 Å². The number of anilines is 1. The highest BCUT2D eigenvalue weighted by atomic mass is 16.1. The lowest BCUT2D eigenvalue weighted by atomic mass is 10.0. The Morgan fingerprint density at radius 1 is 0.943 bits per heavy atom. The van der Waals surface area contributed by atoms with Gasteiger partial charge in [-0.15, -0.1) is 0 Å². The molecule has 1 aromatic carbocycles. The Balaban J connectivity index is 1.43. The van der Waals surface area contributed by atoms with Gasteiger partial charge >= 0.3 is 0 Å². The number of hydrogen-bond acceptors (Lipinski definition) is 5. The van der Waals surface area contributed by atoms with Crippen LogP contribution in [-0.4, -0.2) is 45.1 Å². The van der Waals surface area contributed by atoms with E-state index in [1.807, 2.05) is 6.07 Å². The maximum atomic E-state index is 13.2. The number of aryl methyl sites for hydroxylation is 1. The third-order valence-corrected chi connectivity index (χ3v) is 7.79. The number of nitrogens with zero attached hydrogens (tertiary/aromatic N) is 4. The number of hydrogen-bond donors (Lipinski definition) is 1. The SMILES string of the molecule is CCCN1CCC(Nc2nc3n(C4CCCC4)cc(Cc4ccc(CC)cc4)cc-3c(=O)n2)CC1. The summed E-state index contributed by atoms with van der Waals surface area (Å²) in [7, 11) is 0. The Labute approximate surface area is 209 Å². The van der Waals surface area contributed by atoms with Crippen LogP contribution < -0.4 is 10.9 Å². The fraction of sp³-hybridized carbons (Fsp3) is 0.552. The van der Waals surface area contributed by atoms with Gasteiger partial charge in [-0.05, 0) is 74.2 Å². The quantitative estimate of drug-likeness (QED) is 0.481. The van der Waals surface area contributed by atoms with Gasteiger partial charge < -0.3 is 14.8 Å². The summed E-state index contributed by atoms with van der Waals surface area (Å²) in [4.78, 5) is 25.1. The molecule has 1 saturated carbocycles. The summed E-state index contributed by atoms with van der Waals surface area (Å²) in [6.45, 7) is 7.76. The van der Waals surface area contributed by atoms with Crippen molar-refractivity contribution in [3.63, 3.8) is 0 Å². The number of aromatic nitrogens is 3. The van der Waals surface area contributed by atoms with Crippen LogP contribution >= 0.6 is 0 Å². The fourth-order valence-electron chi connectivity index (χ4n) is 5.77. The maximum Gasteiger partial charge on any atom is 0.284 e. The lowest BCUT2D eigenvalue weighted by molar-refractivity contribution is 0.219. The first-order valence-electron chi connectivity index (χ1n) is 13.6. The van der Waals surface area contributed by atoms with Gasteiger partial charge in [0.2, 0.25) is 5.95 Å². The summed E-state index contributed by atoms with van der Waals surface area (Å²) in [6, 6.07) is 11.6. The summed E-state index contributed by atoms with van der Waals surface area (Å²) in [6.07, 6.45) is 12.2. The van der Waals surface area contributed by atoms with Gasteiger partial charge in [-0.1, -0.05) is 51.0 Å². The molecule has 0 amide bonds. The van der Waals surface area contributed by atoms with Crippen molar-refractivity contribution in [2.24, 2.45) is 0 Å². The highest BCUT2D eigenvalue weighted by Crippen LogP contribution is 2.34. The van der Waals surface area contributed by atoms with Crippen LogP contribution in [0.1, 0.15) is 81.5 Å². The summed E-state index contributed by atoms with van der Waals surface area (Å²) in [5, 5.41) is 3.50. The second kappa shape index (κ2) is 10.9. The Bertz CT molecular complexity index is 1140. The van der Waals surface area contributed by atoms with Gasteiger partial charge in [-0.3, -0.25) is 4.79 Å². The summed E-state index contributed by atoms with van der Waals surface area (Å²) >= 11 is 0. The Kier molecular flexibility index (Phi) is 7.47. The van der Waals surface area contributed by atoms with E-state index in [2.05, 4.69) is 64.1 Å². The molecule has 6 heteroatoms. The van der Waals surface area contributed by atoms with E-state index in [0.717, 1.165) is 69.5 Å². The molecule has 1 saturated heterocycles. The molecule has 0 spiro atoms. The monoisotopic (exact) mass is 473 g/mol. The van der Waals surface area contributed by atoms with E-state index in [0.29, 0.717) is 23.6 Å². The number of pyridine rings is 1. The van der Waals surface area contributed by atoms with Gasteiger partial charge in [0.1, 0.15) is 5.82 Å². The minimum absolute atomic E-state index is 0.171. The number of rotatable bonds is 8. The van der Waals surface area contributed by atoms with E-state index >= 15 is 0 Å². The van der Waals surface area contributed by atoms with Crippen LogP contribution in [0.5, 0.6) is 0 Å². The maximum absolute atomic E-state index is 13.2. The van der Waals surface area contributed by atoms with Crippen LogP contribution in [0.3, 0.4) is 0 Å². The Morgan fingerprint density at radius 3 is 2.34 bits per heavy atom. The first-order valence-corrected chi connectivity index (χ1v) is 13.6. The molecule has 1 aromatic rings. The van der Waals surface area contributed by atoms with Crippen LogP contribution in [0.25, 0.3) is 11.4 Å². The van der Waals surface area contributed by atoms with E-state index in [1.165, 1.54) is 30.4 Å². The van der Waals surface area contributed by atoms with Crippen molar-refractivity contribution in [2.75, 3.05) is 25.0 Å². The highest BCUT2D eigenvalue weighted by molar-refractivity contribution is 5.59. The van der Waals surface area contributed by atoms with E-state index in [-0.39, 0.29) is 5.56 Å². The third-order valence-electron chi connectivity index (χ3n) is 7.79. The van der Waals surface area contributed by atoms with Gasteiger partial charge in [0, 0.05) is 31.4 Å². The van der Waals surface area contributed by atoms with Crippen molar-refractivity contribution in [1.82, 2.24) is 19.4 Å². The first kappa shape index (κ1) is 24.0. The largest absolute Gasteiger partial charge is 0.351 e. The molecule has 35 heavy (non-hydrogen) atoms. The predicted molar refractivity (Wildman–Crippen MR) is 142 cm³/mol. The molecule has 6 nitrogen and oxygen atoms in total. The average Bonchev–Trinajstić information content (AvgIpc) is 3.41. The molecule has 2 fully saturated rings. The summed E-state index contributed by atoms with van der Waals surface area (Å²) < 4.78 is 2.29. The van der Waals surface area contributed by atoms with Crippen molar-refractivity contribution in [1.29, 1.82) is 0 Å². The van der Waals surface area contributed by atoms with Crippen LogP contribution in [0.2, 0.25) is 0 Å². The fourth-order valence-corrected chi connectivity index (χ4v) is 5.77. The van der Waals surface area contributed by atoms with Crippen molar-refractivity contribution >= 4 is 5.95 Å². The van der Waals surface area contributed by atoms with Crippen molar-refractivity contribution in [2.45, 2.75) is 83.7 Å². The molecule has 1 aliphatic carbocycles. The molecular weight excluding hydrogens is 434 g/mol. The highest BCUT2D eigenvalue weighted by Gasteiger charge is 2.25. The molecular formula is C29H39N5O. The minimum atomic E-state index is -0.171. The third kappa shape index (κ3) is 5.58. The molecule has 4 aliphatic rings. The molecule has 0 radical (unpaired) electrons. The predicted octanol–water partition coefficient (Wildman–Crippen LogP) is 5.30. The zero-order valence-corrected chi connectivity index (χ0v) is 21.3. The molecule has 186 valence electrons. The topological polar surface area (TPSA) is 63.1 Å². The molecule has 0 aromatic heterocycles. The van der Waals surface area contributed by atoms with E-state index in [4.69, 9.17) is 4.98 Å². The van der Waals surface area contributed by atoms with Gasteiger partial charge in [-0.2, -0.15) is 9.97 Å². The number of nitrogens with one attached hydrogen (secondary N) is 1. The molecule has 0 atom stereocenters. The number of benzene rings is 1. The second-order valence-electron chi connectivity index (χ2n) is 10.4. The second-order valence-corrected chi connectivity index (χ2v) is 10.4. The van der Waals surface area contributed by atoms with Crippen molar-refractivity contribution < 1.29 is 0 Å². The van der Waals surface area contributed by atoms with Gasteiger partial charge in [-0.25, -0.2) is 0 Å². The number of piperidine rings is 1. The molecule has 0 bridgehead atoms. The van der Waals surface area contributed by atoms with E-state index in [9.17, 15) is 4.79 Å². The molecule has 1 N–H and O–H groups in total. The van der Waals surface area contributed by atoms with Crippen LogP contribution in [-0.2, 0) is 12.8 Å². The molecule has 3 aliphatic heterocycles. The molecule has 5 rings (SSSR count). The summed E-state index contributed by atoms with van der Waals surface area (Å²) in [5.74, 6) is 1.28. The van der Waals surface area contributed by atoms with E-state index < -0.39 is 0 Å². The molecule has 3 heterocycles. The number of likely N-dealkylation sites (tertiary alicyclic amines) is 1. The van der Waals surface area contributed by atoms with Gasteiger partial charge in [0.15, 0.2) is 0 Å². The normalized spacial score (nSPS) is 17.9. The van der Waals surface area contributed by atoms with Crippen LogP contribution in [0, 0.1) is 0 Å². The van der Waals surface area contributed by atoms with Crippen LogP contribution in [0.15, 0.2) is 41.3 Å². The zero-order chi connectivity index (χ0) is 24.2. The van der Waals surface area contributed by atoms with Crippen molar-refractivity contribution in [3.8, 4) is 11.4 Å². The zero-order valence-electron chi connectivity index (χ0n) is 21.3. The smallest absolute Gasteiger partial charge is 0.284 e. The Morgan fingerprint density at radius 2 is 1.66 bits per heavy atom. The lowest BCUT2D eigenvalue weighted by Gasteiger charge is -2.32. The van der Waals surface area contributed by atoms with Crippen molar-refractivity contribution in [3.05, 3.63) is 63.6 Å². The Hall–Kier alpha value is -2.73. The molecule has 0 unspecified atom stereocenters. The minimum Gasteiger partial charge on any atom is -0.351 e. The lowest BCUT2D eigenvalue weighted by Crippen LogP contribution is -2.40.